The Morgan fingerprint density at radius 3 is 2.33 bits per heavy atom. The van der Waals surface area contributed by atoms with E-state index in [1.165, 1.54) is 0 Å². The molecule has 6 heteroatoms. The summed E-state index contributed by atoms with van der Waals surface area (Å²) in [5.41, 5.74) is 2.03. The summed E-state index contributed by atoms with van der Waals surface area (Å²) in [6.07, 6.45) is 1.49. The number of ether oxygens (including phenoxy) is 2. The van der Waals surface area contributed by atoms with Gasteiger partial charge in [0.05, 0.1) is 20.1 Å². The Kier molecular flexibility index (Phi) is 7.71. The first kappa shape index (κ1) is 21.7. The van der Waals surface area contributed by atoms with Crippen LogP contribution in [0.4, 0.5) is 0 Å². The summed E-state index contributed by atoms with van der Waals surface area (Å²) in [5.74, 6) is 1.83. The van der Waals surface area contributed by atoms with E-state index < -0.39 is 0 Å². The molecule has 30 heavy (non-hydrogen) atoms. The molecule has 0 aromatic heterocycles. The van der Waals surface area contributed by atoms with E-state index in [0.29, 0.717) is 52.0 Å². The van der Waals surface area contributed by atoms with Gasteiger partial charge >= 0.3 is 0 Å². The summed E-state index contributed by atoms with van der Waals surface area (Å²) >= 11 is 0. The van der Waals surface area contributed by atoms with Crippen molar-refractivity contribution in [1.29, 1.82) is 0 Å². The molecule has 1 aliphatic heterocycles. The van der Waals surface area contributed by atoms with Gasteiger partial charge in [-0.25, -0.2) is 0 Å². The Balaban J connectivity index is 1.37. The van der Waals surface area contributed by atoms with Crippen LogP contribution in [-0.4, -0.2) is 61.5 Å². The third-order valence-electron chi connectivity index (χ3n) is 5.36. The Morgan fingerprint density at radius 1 is 0.933 bits per heavy atom. The molecule has 1 heterocycles. The van der Waals surface area contributed by atoms with E-state index in [0.717, 1.165) is 22.6 Å². The van der Waals surface area contributed by atoms with Crippen molar-refractivity contribution in [2.75, 3.05) is 39.9 Å². The van der Waals surface area contributed by atoms with Crippen molar-refractivity contribution < 1.29 is 19.1 Å². The van der Waals surface area contributed by atoms with Crippen LogP contribution in [0.1, 0.15) is 24.0 Å². The maximum absolute atomic E-state index is 12.6. The fraction of sp³-hybridized carbons (Fsp3) is 0.417. The number of hydrogen-bond acceptors (Lipinski definition) is 4. The van der Waals surface area contributed by atoms with Gasteiger partial charge in [-0.1, -0.05) is 30.3 Å². The predicted molar refractivity (Wildman–Crippen MR) is 116 cm³/mol. The summed E-state index contributed by atoms with van der Waals surface area (Å²) in [6.45, 7) is 4.86. The van der Waals surface area contributed by atoms with Crippen molar-refractivity contribution in [2.24, 2.45) is 0 Å². The molecule has 0 atom stereocenters. The number of para-hydroxylation sites is 1. The number of carbonyl (C=O) groups is 2. The van der Waals surface area contributed by atoms with Crippen LogP contribution in [0.25, 0.3) is 0 Å². The van der Waals surface area contributed by atoms with Gasteiger partial charge in [0.15, 0.2) is 0 Å². The number of nitrogens with zero attached hydrogens (tertiary/aromatic N) is 2. The molecule has 0 saturated carbocycles. The third kappa shape index (κ3) is 5.99. The van der Waals surface area contributed by atoms with Crippen LogP contribution in [0, 0.1) is 6.92 Å². The van der Waals surface area contributed by atoms with Gasteiger partial charge in [-0.2, -0.15) is 0 Å². The molecule has 0 aliphatic carbocycles. The van der Waals surface area contributed by atoms with Crippen molar-refractivity contribution in [1.82, 2.24) is 9.80 Å². The normalized spacial score (nSPS) is 13.8. The second-order valence-corrected chi connectivity index (χ2v) is 7.51. The monoisotopic (exact) mass is 410 g/mol. The van der Waals surface area contributed by atoms with Crippen LogP contribution < -0.4 is 9.47 Å². The van der Waals surface area contributed by atoms with Gasteiger partial charge in [0.2, 0.25) is 11.8 Å². The molecule has 160 valence electrons. The highest BCUT2D eigenvalue weighted by molar-refractivity contribution is 5.80. The van der Waals surface area contributed by atoms with Crippen molar-refractivity contribution in [2.45, 2.75) is 26.2 Å². The zero-order valence-corrected chi connectivity index (χ0v) is 17.8. The number of piperazine rings is 1. The molecule has 2 aromatic carbocycles. The number of benzene rings is 2. The van der Waals surface area contributed by atoms with E-state index in [9.17, 15) is 9.59 Å². The molecule has 1 saturated heterocycles. The lowest BCUT2D eigenvalue weighted by atomic mass is 10.1. The summed E-state index contributed by atoms with van der Waals surface area (Å²) in [7, 11) is 1.62. The molecule has 1 aliphatic rings. The van der Waals surface area contributed by atoms with Gasteiger partial charge in [-0.3, -0.25) is 9.59 Å². The molecule has 0 bridgehead atoms. The van der Waals surface area contributed by atoms with Crippen molar-refractivity contribution in [3.8, 4) is 11.5 Å². The maximum atomic E-state index is 12.6. The minimum Gasteiger partial charge on any atom is -0.497 e. The molecule has 0 N–H and O–H groups in total. The highest BCUT2D eigenvalue weighted by atomic mass is 16.5. The molecule has 0 radical (unpaired) electrons. The van der Waals surface area contributed by atoms with Crippen LogP contribution >= 0.6 is 0 Å². The number of rotatable bonds is 8. The SMILES string of the molecule is COc1cccc(CC(=O)N2CCN(C(=O)CCCOc3ccccc3C)CC2)c1. The average molecular weight is 411 g/mol. The molecule has 0 unspecified atom stereocenters. The number of carbonyl (C=O) groups excluding carboxylic acids is 2. The summed E-state index contributed by atoms with van der Waals surface area (Å²) in [5, 5.41) is 0. The lowest BCUT2D eigenvalue weighted by Crippen LogP contribution is -2.51. The van der Waals surface area contributed by atoms with Crippen molar-refractivity contribution in [3.63, 3.8) is 0 Å². The lowest BCUT2D eigenvalue weighted by Gasteiger charge is -2.35. The largest absolute Gasteiger partial charge is 0.497 e. The minimum absolute atomic E-state index is 0.0852. The predicted octanol–water partition coefficient (Wildman–Crippen LogP) is 3.08. The lowest BCUT2D eigenvalue weighted by molar-refractivity contribution is -0.139. The van der Waals surface area contributed by atoms with Gasteiger partial charge in [0.25, 0.3) is 0 Å². The fourth-order valence-electron chi connectivity index (χ4n) is 3.56. The Morgan fingerprint density at radius 2 is 1.63 bits per heavy atom. The van der Waals surface area contributed by atoms with E-state index >= 15 is 0 Å². The highest BCUT2D eigenvalue weighted by Crippen LogP contribution is 2.17. The smallest absolute Gasteiger partial charge is 0.227 e. The first-order valence-corrected chi connectivity index (χ1v) is 10.4. The molecule has 6 nitrogen and oxygen atoms in total. The summed E-state index contributed by atoms with van der Waals surface area (Å²) < 4.78 is 11.0. The van der Waals surface area contributed by atoms with Crippen molar-refractivity contribution >= 4 is 11.8 Å². The molecule has 2 amide bonds. The Bertz CT molecular complexity index is 860. The van der Waals surface area contributed by atoms with Crippen LogP contribution in [0.15, 0.2) is 48.5 Å². The first-order chi connectivity index (χ1) is 14.6. The van der Waals surface area contributed by atoms with E-state index in [1.54, 1.807) is 7.11 Å². The Labute approximate surface area is 178 Å². The number of amides is 2. The topological polar surface area (TPSA) is 59.1 Å². The quantitative estimate of drug-likeness (QED) is 0.628. The molecule has 2 aromatic rings. The number of methoxy groups -OCH3 is 1. The van der Waals surface area contributed by atoms with Gasteiger partial charge < -0.3 is 19.3 Å². The zero-order chi connectivity index (χ0) is 21.3. The van der Waals surface area contributed by atoms with Crippen LogP contribution in [0.3, 0.4) is 0 Å². The number of hydrogen-bond donors (Lipinski definition) is 0. The van der Waals surface area contributed by atoms with Crippen LogP contribution in [0.2, 0.25) is 0 Å². The van der Waals surface area contributed by atoms with Gasteiger partial charge in [-0.15, -0.1) is 0 Å². The van der Waals surface area contributed by atoms with E-state index in [2.05, 4.69) is 0 Å². The van der Waals surface area contributed by atoms with Gasteiger partial charge in [-0.05, 0) is 42.7 Å². The fourth-order valence-corrected chi connectivity index (χ4v) is 3.56. The van der Waals surface area contributed by atoms with Gasteiger partial charge in [0.1, 0.15) is 11.5 Å². The molecular formula is C24H30N2O4. The van der Waals surface area contributed by atoms with Gasteiger partial charge in [0, 0.05) is 32.6 Å². The minimum atomic E-state index is 0.0852. The second-order valence-electron chi connectivity index (χ2n) is 7.51. The molecule has 3 rings (SSSR count). The summed E-state index contributed by atoms with van der Waals surface area (Å²) in [6, 6.07) is 15.4. The molecule has 1 fully saturated rings. The van der Waals surface area contributed by atoms with Crippen molar-refractivity contribution in [3.05, 3.63) is 59.7 Å². The average Bonchev–Trinajstić information content (AvgIpc) is 2.78. The number of aryl methyl sites for hydroxylation is 1. The third-order valence-corrected chi connectivity index (χ3v) is 5.36. The van der Waals surface area contributed by atoms with E-state index in [1.807, 2.05) is 65.3 Å². The van der Waals surface area contributed by atoms with E-state index in [4.69, 9.17) is 9.47 Å². The Hall–Kier alpha value is -3.02. The van der Waals surface area contributed by atoms with Crippen LogP contribution in [0.5, 0.6) is 11.5 Å². The maximum Gasteiger partial charge on any atom is 0.227 e. The molecular weight excluding hydrogens is 380 g/mol. The first-order valence-electron chi connectivity index (χ1n) is 10.4. The summed E-state index contributed by atoms with van der Waals surface area (Å²) in [4.78, 5) is 28.7. The second kappa shape index (κ2) is 10.7. The van der Waals surface area contributed by atoms with Crippen LogP contribution in [-0.2, 0) is 16.0 Å². The zero-order valence-electron chi connectivity index (χ0n) is 17.8. The van der Waals surface area contributed by atoms with E-state index in [-0.39, 0.29) is 11.8 Å². The standard InChI is InChI=1S/C24H30N2O4/c1-19-7-3-4-10-22(19)30-16-6-11-23(27)25-12-14-26(15-13-25)24(28)18-20-8-5-9-21(17-20)29-2/h3-5,7-10,17H,6,11-16,18H2,1-2H3. The molecule has 0 spiro atoms. The highest BCUT2D eigenvalue weighted by Gasteiger charge is 2.24.